The highest BCUT2D eigenvalue weighted by atomic mass is 16.4. The molecule has 0 aliphatic heterocycles. The Bertz CT molecular complexity index is 1390. The Kier molecular flexibility index (Phi) is 5.88. The molecular weight excluding hydrogens is 450 g/mol. The number of aliphatic carboxylic acids is 1. The number of amides is 1. The Morgan fingerprint density at radius 3 is 2.69 bits per heavy atom. The maximum absolute atomic E-state index is 13.5. The number of fused-ring (bicyclic) bond motifs is 2. The van der Waals surface area contributed by atoms with Crippen LogP contribution in [0.15, 0.2) is 60.9 Å². The van der Waals surface area contributed by atoms with Crippen molar-refractivity contribution >= 4 is 17.6 Å². The minimum Gasteiger partial charge on any atom is -0.481 e. The van der Waals surface area contributed by atoms with Crippen molar-refractivity contribution in [2.75, 3.05) is 5.32 Å². The molecule has 6 nitrogen and oxygen atoms in total. The second-order valence-electron chi connectivity index (χ2n) is 10.7. The molecule has 0 unspecified atom stereocenters. The van der Waals surface area contributed by atoms with Gasteiger partial charge in [-0.1, -0.05) is 44.2 Å². The van der Waals surface area contributed by atoms with Gasteiger partial charge in [-0.25, -0.2) is 0 Å². The number of aromatic nitrogens is 1. The fraction of sp³-hybridized carbons (Fsp3) is 0.333. The Labute approximate surface area is 211 Å². The van der Waals surface area contributed by atoms with E-state index in [1.807, 2.05) is 24.4 Å². The molecule has 1 amide bonds. The summed E-state index contributed by atoms with van der Waals surface area (Å²) in [7, 11) is 0. The van der Waals surface area contributed by atoms with Gasteiger partial charge in [-0.2, -0.15) is 5.26 Å². The number of carbonyl (C=O) groups is 2. The molecular formula is C30H29N3O3. The molecule has 36 heavy (non-hydrogen) atoms. The molecule has 2 atom stereocenters. The van der Waals surface area contributed by atoms with Crippen molar-refractivity contribution in [1.29, 1.82) is 5.26 Å². The van der Waals surface area contributed by atoms with Crippen LogP contribution in [0.3, 0.4) is 0 Å². The van der Waals surface area contributed by atoms with Gasteiger partial charge in [0.1, 0.15) is 0 Å². The van der Waals surface area contributed by atoms with Gasteiger partial charge in [0.15, 0.2) is 0 Å². The standard InChI is InChI=1S/C30H29N3O3/c1-29(2)18-30(24-14-21(10-11-23(24)29)22-6-4-12-32-17-22)15-25(30)28(36)33-26-13-19(16-31)8-9-20(26)5-3-7-27(34)35/h4,6,8-14,17,25H,3,5,7,15,18H2,1-2H3,(H,33,36)(H,34,35)/t25-,30+/m0/s1. The normalized spacial score (nSPS) is 21.0. The first-order chi connectivity index (χ1) is 17.2. The number of nitriles is 1. The number of carboxylic acid groups (broad SMARTS) is 1. The molecule has 1 fully saturated rings. The number of hydrogen-bond acceptors (Lipinski definition) is 4. The summed E-state index contributed by atoms with van der Waals surface area (Å²) in [5, 5.41) is 21.4. The van der Waals surface area contributed by atoms with Crippen LogP contribution in [0.2, 0.25) is 0 Å². The molecule has 182 valence electrons. The second-order valence-corrected chi connectivity index (χ2v) is 10.7. The molecule has 1 aromatic heterocycles. The molecule has 2 N–H and O–H groups in total. The van der Waals surface area contributed by atoms with Gasteiger partial charge in [-0.15, -0.1) is 0 Å². The van der Waals surface area contributed by atoms with E-state index in [9.17, 15) is 14.9 Å². The first-order valence-electron chi connectivity index (χ1n) is 12.3. The van der Waals surface area contributed by atoms with E-state index in [2.05, 4.69) is 48.4 Å². The van der Waals surface area contributed by atoms with Gasteiger partial charge < -0.3 is 10.4 Å². The van der Waals surface area contributed by atoms with Crippen molar-refractivity contribution in [1.82, 2.24) is 4.98 Å². The molecule has 2 aliphatic rings. The number of nitrogens with one attached hydrogen (secondary N) is 1. The predicted octanol–water partition coefficient (Wildman–Crippen LogP) is 5.61. The average Bonchev–Trinajstić information content (AvgIpc) is 3.53. The van der Waals surface area contributed by atoms with Crippen molar-refractivity contribution in [2.24, 2.45) is 5.92 Å². The van der Waals surface area contributed by atoms with Crippen LogP contribution in [0.25, 0.3) is 11.1 Å². The Hall–Kier alpha value is -3.98. The zero-order valence-corrected chi connectivity index (χ0v) is 20.5. The SMILES string of the molecule is CC1(C)C[C@]2(C[C@H]2C(=O)Nc2cc(C#N)ccc2CCCC(=O)O)c2cc(-c3cccnc3)ccc21. The molecule has 2 aromatic carbocycles. The van der Waals surface area contributed by atoms with Gasteiger partial charge in [0.2, 0.25) is 5.91 Å². The van der Waals surface area contributed by atoms with Crippen LogP contribution in [0, 0.1) is 17.2 Å². The number of benzene rings is 2. The summed E-state index contributed by atoms with van der Waals surface area (Å²) in [4.78, 5) is 28.8. The van der Waals surface area contributed by atoms with Crippen LogP contribution in [0.1, 0.15) is 61.8 Å². The van der Waals surface area contributed by atoms with Crippen molar-refractivity contribution in [2.45, 2.75) is 56.8 Å². The number of rotatable bonds is 7. The number of aryl methyl sites for hydroxylation is 1. The lowest BCUT2D eigenvalue weighted by Gasteiger charge is -2.19. The van der Waals surface area contributed by atoms with Gasteiger partial charge in [0.25, 0.3) is 0 Å². The third kappa shape index (κ3) is 4.26. The van der Waals surface area contributed by atoms with Crippen LogP contribution < -0.4 is 5.32 Å². The molecule has 0 saturated heterocycles. The van der Waals surface area contributed by atoms with Gasteiger partial charge >= 0.3 is 5.97 Å². The van der Waals surface area contributed by atoms with Crippen molar-refractivity contribution in [3.8, 4) is 17.2 Å². The molecule has 6 heteroatoms. The molecule has 5 rings (SSSR count). The minimum atomic E-state index is -0.845. The predicted molar refractivity (Wildman–Crippen MR) is 137 cm³/mol. The van der Waals surface area contributed by atoms with Crippen LogP contribution in [0.5, 0.6) is 0 Å². The van der Waals surface area contributed by atoms with Gasteiger partial charge in [-0.05, 0) is 77.1 Å². The number of pyridine rings is 1. The zero-order valence-electron chi connectivity index (χ0n) is 20.5. The van der Waals surface area contributed by atoms with Crippen molar-refractivity contribution in [3.63, 3.8) is 0 Å². The summed E-state index contributed by atoms with van der Waals surface area (Å²) >= 11 is 0. The number of hydrogen-bond donors (Lipinski definition) is 2. The van der Waals surface area contributed by atoms with Crippen LogP contribution in [-0.4, -0.2) is 22.0 Å². The third-order valence-corrected chi connectivity index (χ3v) is 7.76. The van der Waals surface area contributed by atoms with E-state index >= 15 is 0 Å². The van der Waals surface area contributed by atoms with E-state index in [0.29, 0.717) is 24.1 Å². The summed E-state index contributed by atoms with van der Waals surface area (Å²) in [6.07, 6.45) is 6.37. The summed E-state index contributed by atoms with van der Waals surface area (Å²) in [6, 6.07) is 17.9. The highest BCUT2D eigenvalue weighted by Crippen LogP contribution is 2.66. The smallest absolute Gasteiger partial charge is 0.303 e. The maximum Gasteiger partial charge on any atom is 0.303 e. The maximum atomic E-state index is 13.5. The molecule has 1 heterocycles. The van der Waals surface area contributed by atoms with E-state index in [0.717, 1.165) is 29.5 Å². The highest BCUT2D eigenvalue weighted by molar-refractivity contribution is 5.97. The summed E-state index contributed by atoms with van der Waals surface area (Å²) in [5.41, 5.74) is 6.41. The third-order valence-electron chi connectivity index (χ3n) is 7.76. The van der Waals surface area contributed by atoms with Gasteiger partial charge in [-0.3, -0.25) is 14.6 Å². The van der Waals surface area contributed by atoms with E-state index in [1.54, 1.807) is 18.3 Å². The fourth-order valence-corrected chi connectivity index (χ4v) is 6.01. The summed E-state index contributed by atoms with van der Waals surface area (Å²) in [6.45, 7) is 4.49. The highest BCUT2D eigenvalue weighted by Gasteiger charge is 2.65. The van der Waals surface area contributed by atoms with Gasteiger partial charge in [0.05, 0.1) is 11.6 Å². The summed E-state index contributed by atoms with van der Waals surface area (Å²) < 4.78 is 0. The van der Waals surface area contributed by atoms with E-state index in [4.69, 9.17) is 5.11 Å². The number of carbonyl (C=O) groups excluding carboxylic acids is 1. The van der Waals surface area contributed by atoms with Crippen LogP contribution >= 0.6 is 0 Å². The number of nitrogens with zero attached hydrogens (tertiary/aromatic N) is 2. The topological polar surface area (TPSA) is 103 Å². The van der Waals surface area contributed by atoms with Crippen LogP contribution in [0.4, 0.5) is 5.69 Å². The average molecular weight is 480 g/mol. The molecule has 1 spiro atoms. The lowest BCUT2D eigenvalue weighted by atomic mass is 9.85. The van der Waals surface area contributed by atoms with E-state index < -0.39 is 5.97 Å². The summed E-state index contributed by atoms with van der Waals surface area (Å²) in [5.74, 6) is -1.04. The quantitative estimate of drug-likeness (QED) is 0.459. The fourth-order valence-electron chi connectivity index (χ4n) is 6.01. The Balaban J connectivity index is 1.41. The minimum absolute atomic E-state index is 0.0272. The lowest BCUT2D eigenvalue weighted by Crippen LogP contribution is -2.22. The lowest BCUT2D eigenvalue weighted by molar-refractivity contribution is -0.137. The van der Waals surface area contributed by atoms with Crippen molar-refractivity contribution < 1.29 is 14.7 Å². The molecule has 2 aliphatic carbocycles. The largest absolute Gasteiger partial charge is 0.481 e. The molecule has 1 saturated carbocycles. The Morgan fingerprint density at radius 2 is 1.97 bits per heavy atom. The van der Waals surface area contributed by atoms with Crippen molar-refractivity contribution in [3.05, 3.63) is 83.2 Å². The molecule has 0 radical (unpaired) electrons. The first kappa shape index (κ1) is 23.7. The monoisotopic (exact) mass is 479 g/mol. The molecule has 3 aromatic rings. The number of anilines is 1. The first-order valence-corrected chi connectivity index (χ1v) is 12.3. The van der Waals surface area contributed by atoms with Crippen LogP contribution in [-0.2, 0) is 26.8 Å². The zero-order chi connectivity index (χ0) is 25.5. The Morgan fingerprint density at radius 1 is 1.14 bits per heavy atom. The second kappa shape index (κ2) is 8.91. The molecule has 0 bridgehead atoms. The van der Waals surface area contributed by atoms with E-state index in [1.165, 1.54) is 11.1 Å². The number of carboxylic acids is 1. The van der Waals surface area contributed by atoms with E-state index in [-0.39, 0.29) is 29.1 Å². The van der Waals surface area contributed by atoms with Gasteiger partial charge in [0, 0.05) is 35.8 Å².